The largest absolute Gasteiger partial charge is 0.345 e. The predicted octanol–water partition coefficient (Wildman–Crippen LogP) is 3.43. The molecule has 3 aromatic carbocycles. The third kappa shape index (κ3) is 2.17. The van der Waals surface area contributed by atoms with Gasteiger partial charge in [0.1, 0.15) is 0 Å². The number of hydrogen-bond donors (Lipinski definition) is 0. The summed E-state index contributed by atoms with van der Waals surface area (Å²) in [4.78, 5) is 9.32. The lowest BCUT2D eigenvalue weighted by atomic mass is 9.33. The molecule has 138 valence electrons. The molecule has 1 aromatic heterocycles. The molecule has 29 heavy (non-hydrogen) atoms. The first kappa shape index (κ1) is 16.4. The van der Waals surface area contributed by atoms with Crippen LogP contribution < -0.4 is 26.2 Å². The fourth-order valence-corrected chi connectivity index (χ4v) is 5.09. The van der Waals surface area contributed by atoms with E-state index in [1.165, 1.54) is 44.7 Å². The summed E-state index contributed by atoms with van der Waals surface area (Å²) >= 11 is 0. The quantitative estimate of drug-likeness (QED) is 0.477. The van der Waals surface area contributed by atoms with E-state index in [1.54, 1.807) is 0 Å². The molecule has 6 rings (SSSR count). The Hall–Kier alpha value is -3.53. The smallest absolute Gasteiger partial charge is 0.252 e. The summed E-state index contributed by atoms with van der Waals surface area (Å²) in [6.07, 6.45) is 1.87. The van der Waals surface area contributed by atoms with E-state index in [-0.39, 0.29) is 6.71 Å². The maximum absolute atomic E-state index is 4.65. The van der Waals surface area contributed by atoms with Crippen LogP contribution in [0.5, 0.6) is 0 Å². The fraction of sp³-hybridized carbons (Fsp3) is 0.0800. The van der Waals surface area contributed by atoms with Crippen LogP contribution in [0.2, 0.25) is 0 Å². The van der Waals surface area contributed by atoms with Crippen molar-refractivity contribution in [3.05, 3.63) is 85.1 Å². The van der Waals surface area contributed by atoms with E-state index in [2.05, 4.69) is 102 Å². The summed E-state index contributed by atoms with van der Waals surface area (Å²) < 4.78 is 0. The average Bonchev–Trinajstić information content (AvgIpc) is 2.79. The first-order valence-electron chi connectivity index (χ1n) is 9.99. The highest BCUT2D eigenvalue weighted by Crippen LogP contribution is 2.39. The molecule has 0 aliphatic carbocycles. The first-order chi connectivity index (χ1) is 14.3. The number of benzene rings is 3. The van der Waals surface area contributed by atoms with Crippen LogP contribution in [-0.2, 0) is 0 Å². The number of rotatable bonds is 1. The van der Waals surface area contributed by atoms with E-state index in [1.807, 2.05) is 12.3 Å². The van der Waals surface area contributed by atoms with E-state index < -0.39 is 0 Å². The number of anilines is 4. The molecular formula is C25H20BN3. The highest BCUT2D eigenvalue weighted by Gasteiger charge is 2.41. The minimum Gasteiger partial charge on any atom is -0.345 e. The molecule has 4 heteroatoms. The van der Waals surface area contributed by atoms with Gasteiger partial charge in [0.2, 0.25) is 0 Å². The second-order valence-corrected chi connectivity index (χ2v) is 7.78. The minimum absolute atomic E-state index is 0.225. The van der Waals surface area contributed by atoms with Crippen molar-refractivity contribution in [3.63, 3.8) is 0 Å². The van der Waals surface area contributed by atoms with Crippen molar-refractivity contribution in [2.75, 3.05) is 23.9 Å². The van der Waals surface area contributed by atoms with Gasteiger partial charge in [-0.25, -0.2) is 0 Å². The molecule has 3 heterocycles. The molecule has 0 saturated heterocycles. The summed E-state index contributed by atoms with van der Waals surface area (Å²) in [5.41, 5.74) is 11.4. The SMILES string of the molecule is CN1c2ccccc2B2c3cccc(-c4ccccn4)c3N(C)c3cccc1c32. The van der Waals surface area contributed by atoms with Gasteiger partial charge < -0.3 is 9.80 Å². The Kier molecular flexibility index (Phi) is 3.39. The molecule has 0 fully saturated rings. The molecule has 2 aliphatic rings. The van der Waals surface area contributed by atoms with Crippen molar-refractivity contribution in [1.29, 1.82) is 0 Å². The standard InChI is InChI=1S/C25H20BN3/c1-28-21-13-4-3-10-18(21)26-19-11-7-9-17(20-12-5-6-16-27-20)25(19)29(2)23-15-8-14-22(28)24(23)26/h3-16H,1-2H3. The topological polar surface area (TPSA) is 19.4 Å². The Morgan fingerprint density at radius 3 is 2.17 bits per heavy atom. The lowest BCUT2D eigenvalue weighted by Crippen LogP contribution is -2.61. The van der Waals surface area contributed by atoms with Gasteiger partial charge in [-0.15, -0.1) is 0 Å². The third-order valence-electron chi connectivity index (χ3n) is 6.34. The van der Waals surface area contributed by atoms with Gasteiger partial charge >= 0.3 is 0 Å². The second-order valence-electron chi connectivity index (χ2n) is 7.78. The van der Waals surface area contributed by atoms with Gasteiger partial charge in [-0.1, -0.05) is 48.5 Å². The van der Waals surface area contributed by atoms with Crippen molar-refractivity contribution in [2.24, 2.45) is 0 Å². The summed E-state index contributed by atoms with van der Waals surface area (Å²) in [5.74, 6) is 0. The summed E-state index contributed by atoms with van der Waals surface area (Å²) in [6.45, 7) is 0.225. The van der Waals surface area contributed by atoms with Gasteiger partial charge in [0.15, 0.2) is 0 Å². The van der Waals surface area contributed by atoms with Crippen LogP contribution in [0.25, 0.3) is 11.3 Å². The number of hydrogen-bond acceptors (Lipinski definition) is 3. The van der Waals surface area contributed by atoms with Crippen molar-refractivity contribution in [3.8, 4) is 11.3 Å². The second kappa shape index (κ2) is 5.98. The monoisotopic (exact) mass is 373 g/mol. The molecule has 0 unspecified atom stereocenters. The van der Waals surface area contributed by atoms with Crippen molar-refractivity contribution in [1.82, 2.24) is 4.98 Å². The number of nitrogens with zero attached hydrogens (tertiary/aromatic N) is 3. The Morgan fingerprint density at radius 1 is 0.655 bits per heavy atom. The lowest BCUT2D eigenvalue weighted by Gasteiger charge is -2.42. The van der Waals surface area contributed by atoms with Crippen molar-refractivity contribution >= 4 is 45.9 Å². The maximum atomic E-state index is 4.65. The van der Waals surface area contributed by atoms with Crippen LogP contribution >= 0.6 is 0 Å². The molecule has 0 N–H and O–H groups in total. The Balaban J connectivity index is 1.70. The molecule has 0 atom stereocenters. The zero-order valence-corrected chi connectivity index (χ0v) is 16.5. The van der Waals surface area contributed by atoms with Gasteiger partial charge in [-0.2, -0.15) is 0 Å². The van der Waals surface area contributed by atoms with Gasteiger partial charge in [-0.3, -0.25) is 4.98 Å². The van der Waals surface area contributed by atoms with Crippen LogP contribution in [0.1, 0.15) is 0 Å². The van der Waals surface area contributed by atoms with E-state index >= 15 is 0 Å². The molecular weight excluding hydrogens is 353 g/mol. The summed E-state index contributed by atoms with van der Waals surface area (Å²) in [7, 11) is 4.35. The number of pyridine rings is 1. The fourth-order valence-electron chi connectivity index (χ4n) is 5.09. The average molecular weight is 373 g/mol. The van der Waals surface area contributed by atoms with Crippen molar-refractivity contribution < 1.29 is 0 Å². The molecule has 0 spiro atoms. The van der Waals surface area contributed by atoms with Crippen molar-refractivity contribution in [2.45, 2.75) is 0 Å². The van der Waals surface area contributed by atoms with Gasteiger partial charge in [0.25, 0.3) is 6.71 Å². The Labute approximate surface area is 171 Å². The van der Waals surface area contributed by atoms with E-state index in [9.17, 15) is 0 Å². The molecule has 0 saturated carbocycles. The number of para-hydroxylation sites is 2. The zero-order valence-electron chi connectivity index (χ0n) is 16.5. The van der Waals surface area contributed by atoms with Crippen LogP contribution in [-0.4, -0.2) is 25.8 Å². The first-order valence-corrected chi connectivity index (χ1v) is 9.99. The normalized spacial score (nSPS) is 13.7. The Bertz CT molecular complexity index is 1250. The van der Waals surface area contributed by atoms with Gasteiger partial charge in [0.05, 0.1) is 5.69 Å². The zero-order chi connectivity index (χ0) is 19.5. The van der Waals surface area contributed by atoms with E-state index in [0.29, 0.717) is 0 Å². The number of fused-ring (bicyclic) bond motifs is 4. The van der Waals surface area contributed by atoms with Crippen LogP contribution in [0.4, 0.5) is 22.7 Å². The molecule has 0 radical (unpaired) electrons. The van der Waals surface area contributed by atoms with Crippen LogP contribution in [0.3, 0.4) is 0 Å². The highest BCUT2D eigenvalue weighted by molar-refractivity contribution is 7.00. The summed E-state index contributed by atoms with van der Waals surface area (Å²) in [5, 5.41) is 0. The van der Waals surface area contributed by atoms with E-state index in [0.717, 1.165) is 5.69 Å². The molecule has 3 nitrogen and oxygen atoms in total. The third-order valence-corrected chi connectivity index (χ3v) is 6.34. The van der Waals surface area contributed by atoms with Gasteiger partial charge in [0, 0.05) is 48.6 Å². The number of aromatic nitrogens is 1. The Morgan fingerprint density at radius 2 is 1.34 bits per heavy atom. The minimum atomic E-state index is 0.225. The maximum Gasteiger partial charge on any atom is 0.252 e. The van der Waals surface area contributed by atoms with Crippen LogP contribution in [0.15, 0.2) is 85.1 Å². The molecule has 0 amide bonds. The molecule has 4 aromatic rings. The van der Waals surface area contributed by atoms with Gasteiger partial charge in [-0.05, 0) is 46.7 Å². The highest BCUT2D eigenvalue weighted by atomic mass is 15.1. The van der Waals surface area contributed by atoms with Crippen LogP contribution in [0, 0.1) is 0 Å². The lowest BCUT2D eigenvalue weighted by molar-refractivity contribution is 1.18. The summed E-state index contributed by atoms with van der Waals surface area (Å²) in [6, 6.07) is 28.2. The molecule has 2 aliphatic heterocycles. The predicted molar refractivity (Wildman–Crippen MR) is 123 cm³/mol. The molecule has 0 bridgehead atoms. The van der Waals surface area contributed by atoms with E-state index in [4.69, 9.17) is 0 Å².